The number of rotatable bonds is 2. The quantitative estimate of drug-likeness (QED) is 0.585. The van der Waals surface area contributed by atoms with Crippen LogP contribution in [0.1, 0.15) is 26.0 Å². The van der Waals surface area contributed by atoms with Crippen molar-refractivity contribution in [3.05, 3.63) is 42.2 Å². The Balaban J connectivity index is 1.59. The zero-order valence-corrected chi connectivity index (χ0v) is 16.0. The lowest BCUT2D eigenvalue weighted by atomic mass is 9.92. The summed E-state index contributed by atoms with van der Waals surface area (Å²) in [5.41, 5.74) is 5.04. The highest BCUT2D eigenvalue weighted by atomic mass is 15.3. The smallest absolute Gasteiger partial charge is 0.154 e. The second kappa shape index (κ2) is 6.08. The number of fused-ring (bicyclic) bond motifs is 2. The fourth-order valence-electron chi connectivity index (χ4n) is 4.38. The number of piperidine rings is 1. The SMILES string of the molecule is Cc1n[nH]c2ccc(-c3cnc4ccc(N5C[C@H](C)C[C@H](C)C5)nn34)cc12. The number of hydrogen-bond donors (Lipinski definition) is 1. The van der Waals surface area contributed by atoms with Crippen LogP contribution in [0.2, 0.25) is 0 Å². The van der Waals surface area contributed by atoms with Gasteiger partial charge in [-0.25, -0.2) is 9.50 Å². The number of H-pyrrole nitrogens is 1. The Morgan fingerprint density at radius 2 is 1.89 bits per heavy atom. The van der Waals surface area contributed by atoms with E-state index >= 15 is 0 Å². The van der Waals surface area contributed by atoms with Gasteiger partial charge in [0.2, 0.25) is 0 Å². The van der Waals surface area contributed by atoms with Crippen LogP contribution in [0.25, 0.3) is 27.8 Å². The lowest BCUT2D eigenvalue weighted by Crippen LogP contribution is -2.39. The summed E-state index contributed by atoms with van der Waals surface area (Å²) in [6.07, 6.45) is 3.20. The van der Waals surface area contributed by atoms with Gasteiger partial charge < -0.3 is 4.90 Å². The van der Waals surface area contributed by atoms with Gasteiger partial charge in [-0.1, -0.05) is 19.9 Å². The van der Waals surface area contributed by atoms with Crippen LogP contribution in [-0.2, 0) is 0 Å². The molecule has 0 unspecified atom stereocenters. The molecule has 1 fully saturated rings. The molecule has 5 rings (SSSR count). The van der Waals surface area contributed by atoms with E-state index in [-0.39, 0.29) is 0 Å². The molecule has 1 aliphatic rings. The monoisotopic (exact) mass is 360 g/mol. The standard InChI is InChI=1S/C21H24N6/c1-13-8-14(2)12-26(11-13)21-7-6-20-22-10-19(27(20)25-21)16-4-5-18-17(9-16)15(3)23-24-18/h4-7,9-10,13-14H,8,11-12H2,1-3H3,(H,23,24)/t13-,14+. The van der Waals surface area contributed by atoms with E-state index in [0.29, 0.717) is 11.8 Å². The minimum Gasteiger partial charge on any atom is -0.355 e. The van der Waals surface area contributed by atoms with Gasteiger partial charge in [-0.3, -0.25) is 5.10 Å². The summed E-state index contributed by atoms with van der Waals surface area (Å²) in [6, 6.07) is 10.5. The molecule has 1 aliphatic heterocycles. The average Bonchev–Trinajstić information content (AvgIpc) is 3.24. The van der Waals surface area contributed by atoms with Crippen LogP contribution in [0, 0.1) is 18.8 Å². The normalized spacial score (nSPS) is 20.6. The second-order valence-electron chi connectivity index (χ2n) is 8.03. The van der Waals surface area contributed by atoms with E-state index in [1.807, 2.05) is 17.6 Å². The van der Waals surface area contributed by atoms with Crippen LogP contribution >= 0.6 is 0 Å². The highest BCUT2D eigenvalue weighted by Gasteiger charge is 2.23. The summed E-state index contributed by atoms with van der Waals surface area (Å²) in [7, 11) is 0. The van der Waals surface area contributed by atoms with Gasteiger partial charge in [0.05, 0.1) is 23.1 Å². The number of aromatic amines is 1. The Hall–Kier alpha value is -2.89. The number of anilines is 1. The summed E-state index contributed by atoms with van der Waals surface area (Å²) in [5, 5.41) is 13.5. The first-order valence-corrected chi connectivity index (χ1v) is 9.63. The van der Waals surface area contributed by atoms with Gasteiger partial charge in [-0.2, -0.15) is 5.10 Å². The molecular weight excluding hydrogens is 336 g/mol. The van der Waals surface area contributed by atoms with Gasteiger partial charge in [0.25, 0.3) is 0 Å². The van der Waals surface area contributed by atoms with Crippen LogP contribution in [0.4, 0.5) is 5.82 Å². The topological polar surface area (TPSA) is 62.1 Å². The number of hydrogen-bond acceptors (Lipinski definition) is 4. The third-order valence-electron chi connectivity index (χ3n) is 5.59. The van der Waals surface area contributed by atoms with E-state index in [0.717, 1.165) is 52.4 Å². The zero-order chi connectivity index (χ0) is 18.5. The van der Waals surface area contributed by atoms with Crippen molar-refractivity contribution >= 4 is 22.4 Å². The third-order valence-corrected chi connectivity index (χ3v) is 5.59. The largest absolute Gasteiger partial charge is 0.355 e. The Morgan fingerprint density at radius 3 is 2.70 bits per heavy atom. The number of benzene rings is 1. The van der Waals surface area contributed by atoms with Gasteiger partial charge in [0, 0.05) is 24.0 Å². The number of nitrogens with one attached hydrogen (secondary N) is 1. The molecule has 6 nitrogen and oxygen atoms in total. The Morgan fingerprint density at radius 1 is 1.07 bits per heavy atom. The Bertz CT molecular complexity index is 1110. The predicted molar refractivity (Wildman–Crippen MR) is 108 cm³/mol. The number of aromatic nitrogens is 5. The van der Waals surface area contributed by atoms with E-state index in [2.05, 4.69) is 64.3 Å². The summed E-state index contributed by atoms with van der Waals surface area (Å²) >= 11 is 0. The molecule has 0 spiro atoms. The summed E-state index contributed by atoms with van der Waals surface area (Å²) < 4.78 is 1.97. The van der Waals surface area contributed by atoms with Crippen LogP contribution in [0.5, 0.6) is 0 Å². The highest BCUT2D eigenvalue weighted by molar-refractivity contribution is 5.86. The Labute approximate surface area is 158 Å². The molecule has 27 heavy (non-hydrogen) atoms. The summed E-state index contributed by atoms with van der Waals surface area (Å²) in [5.74, 6) is 2.42. The maximum Gasteiger partial charge on any atom is 0.154 e. The minimum atomic E-state index is 0.694. The zero-order valence-electron chi connectivity index (χ0n) is 16.0. The van der Waals surface area contributed by atoms with Crippen molar-refractivity contribution in [2.75, 3.05) is 18.0 Å². The first-order chi connectivity index (χ1) is 13.1. The maximum absolute atomic E-state index is 4.95. The molecule has 6 heteroatoms. The van der Waals surface area contributed by atoms with Crippen LogP contribution < -0.4 is 4.90 Å². The highest BCUT2D eigenvalue weighted by Crippen LogP contribution is 2.28. The van der Waals surface area contributed by atoms with Crippen molar-refractivity contribution in [2.24, 2.45) is 11.8 Å². The fraction of sp³-hybridized carbons (Fsp3) is 0.381. The van der Waals surface area contributed by atoms with Crippen molar-refractivity contribution in [3.8, 4) is 11.3 Å². The van der Waals surface area contributed by atoms with Crippen molar-refractivity contribution < 1.29 is 0 Å². The van der Waals surface area contributed by atoms with Crippen molar-refractivity contribution in [1.29, 1.82) is 0 Å². The molecule has 3 aromatic heterocycles. The summed E-state index contributed by atoms with van der Waals surface area (Å²) in [6.45, 7) is 8.80. The molecule has 1 saturated heterocycles. The first kappa shape index (κ1) is 16.3. The molecule has 0 radical (unpaired) electrons. The van der Waals surface area contributed by atoms with Gasteiger partial charge in [-0.15, -0.1) is 5.10 Å². The molecular formula is C21H24N6. The van der Waals surface area contributed by atoms with Crippen molar-refractivity contribution in [3.63, 3.8) is 0 Å². The molecule has 1 N–H and O–H groups in total. The number of nitrogens with zero attached hydrogens (tertiary/aromatic N) is 5. The lowest BCUT2D eigenvalue weighted by molar-refractivity contribution is 0.354. The van der Waals surface area contributed by atoms with Gasteiger partial charge >= 0.3 is 0 Å². The molecule has 138 valence electrons. The van der Waals surface area contributed by atoms with Crippen LogP contribution in [0.15, 0.2) is 36.5 Å². The predicted octanol–water partition coefficient (Wildman–Crippen LogP) is 4.06. The molecule has 0 aliphatic carbocycles. The first-order valence-electron chi connectivity index (χ1n) is 9.63. The molecule has 0 saturated carbocycles. The minimum absolute atomic E-state index is 0.694. The molecule has 0 amide bonds. The van der Waals surface area contributed by atoms with Gasteiger partial charge in [-0.05, 0) is 49.4 Å². The van der Waals surface area contributed by atoms with Crippen LogP contribution in [0.3, 0.4) is 0 Å². The summed E-state index contributed by atoms with van der Waals surface area (Å²) in [4.78, 5) is 6.97. The third kappa shape index (κ3) is 2.76. The lowest BCUT2D eigenvalue weighted by Gasteiger charge is -2.35. The molecule has 1 aromatic carbocycles. The Kier molecular flexibility index (Phi) is 3.67. The number of imidazole rings is 1. The van der Waals surface area contributed by atoms with Crippen molar-refractivity contribution in [2.45, 2.75) is 27.2 Å². The van der Waals surface area contributed by atoms with Crippen molar-refractivity contribution in [1.82, 2.24) is 24.8 Å². The van der Waals surface area contributed by atoms with E-state index < -0.39 is 0 Å². The van der Waals surface area contributed by atoms with E-state index in [1.165, 1.54) is 6.42 Å². The molecule has 4 aromatic rings. The maximum atomic E-state index is 4.95. The van der Waals surface area contributed by atoms with E-state index in [4.69, 9.17) is 5.10 Å². The molecule has 2 atom stereocenters. The fourth-order valence-corrected chi connectivity index (χ4v) is 4.38. The van der Waals surface area contributed by atoms with Gasteiger partial charge in [0.1, 0.15) is 5.82 Å². The van der Waals surface area contributed by atoms with Crippen LogP contribution in [-0.4, -0.2) is 37.9 Å². The molecule has 0 bridgehead atoms. The number of aryl methyl sites for hydroxylation is 1. The average molecular weight is 360 g/mol. The van der Waals surface area contributed by atoms with E-state index in [1.54, 1.807) is 0 Å². The second-order valence-corrected chi connectivity index (χ2v) is 8.03. The molecule has 4 heterocycles. The van der Waals surface area contributed by atoms with Gasteiger partial charge in [0.15, 0.2) is 5.65 Å². The van der Waals surface area contributed by atoms with E-state index in [9.17, 15) is 0 Å².